The third kappa shape index (κ3) is 2.23. The first-order chi connectivity index (χ1) is 9.65. The number of rotatable bonds is 2. The summed E-state index contributed by atoms with van der Waals surface area (Å²) in [6.45, 7) is 0. The Labute approximate surface area is 119 Å². The van der Waals surface area contributed by atoms with Crippen molar-refractivity contribution in [3.63, 3.8) is 0 Å². The Morgan fingerprint density at radius 2 is 1.95 bits per heavy atom. The first-order valence-corrected chi connectivity index (χ1v) is 6.17. The molecule has 2 N–H and O–H groups in total. The molecular formula is C14H9ClFN3O. The van der Waals surface area contributed by atoms with Gasteiger partial charge in [0.05, 0.1) is 10.7 Å². The molecule has 20 heavy (non-hydrogen) atoms. The molecule has 0 aliphatic carbocycles. The lowest BCUT2D eigenvalue weighted by molar-refractivity contribution is 0.432. The Bertz CT molecular complexity index is 773. The highest BCUT2D eigenvalue weighted by molar-refractivity contribution is 6.33. The minimum atomic E-state index is -0.528. The summed E-state index contributed by atoms with van der Waals surface area (Å²) in [5, 5.41) is 4.37. The van der Waals surface area contributed by atoms with Crippen molar-refractivity contribution in [2.24, 2.45) is 0 Å². The zero-order valence-electron chi connectivity index (χ0n) is 10.2. The molecule has 0 atom stereocenters. The van der Waals surface area contributed by atoms with Gasteiger partial charge in [-0.05, 0) is 30.3 Å². The summed E-state index contributed by atoms with van der Waals surface area (Å²) in [7, 11) is 0. The van der Waals surface area contributed by atoms with E-state index in [1.54, 1.807) is 18.2 Å². The summed E-state index contributed by atoms with van der Waals surface area (Å²) in [5.41, 5.74) is 6.61. The van der Waals surface area contributed by atoms with Crippen LogP contribution in [0.5, 0.6) is 0 Å². The molecule has 6 heteroatoms. The number of nitrogens with two attached hydrogens (primary N) is 1. The highest BCUT2D eigenvalue weighted by atomic mass is 35.5. The molecule has 0 saturated carbocycles. The minimum Gasteiger partial charge on any atom is -0.396 e. The van der Waals surface area contributed by atoms with Crippen molar-refractivity contribution in [2.75, 3.05) is 5.73 Å². The summed E-state index contributed by atoms with van der Waals surface area (Å²) in [5.74, 6) is 0.0293. The molecule has 3 rings (SSSR count). The van der Waals surface area contributed by atoms with Crippen LogP contribution in [0.1, 0.15) is 0 Å². The maximum Gasteiger partial charge on any atom is 0.258 e. The van der Waals surface area contributed by atoms with Gasteiger partial charge < -0.3 is 10.3 Å². The van der Waals surface area contributed by atoms with E-state index in [0.29, 0.717) is 22.0 Å². The van der Waals surface area contributed by atoms with Gasteiger partial charge in [0.25, 0.3) is 5.89 Å². The minimum absolute atomic E-state index is 0.0691. The predicted molar refractivity (Wildman–Crippen MR) is 74.6 cm³/mol. The van der Waals surface area contributed by atoms with Gasteiger partial charge in [0.1, 0.15) is 5.82 Å². The molecule has 100 valence electrons. The molecule has 0 saturated heterocycles. The van der Waals surface area contributed by atoms with Crippen molar-refractivity contribution >= 4 is 17.3 Å². The number of nitrogens with zero attached hydrogens (tertiary/aromatic N) is 2. The largest absolute Gasteiger partial charge is 0.396 e. The molecule has 0 unspecified atom stereocenters. The number of anilines is 1. The standard InChI is InChI=1S/C14H9ClFN3O/c15-10-4-2-1-3-9(10)13-18-14(20-19-13)8-5-6-12(17)11(16)7-8/h1-7H,17H2. The molecule has 3 aromatic rings. The van der Waals surface area contributed by atoms with Crippen LogP contribution < -0.4 is 5.73 Å². The van der Waals surface area contributed by atoms with Crippen molar-refractivity contribution < 1.29 is 8.91 Å². The van der Waals surface area contributed by atoms with Crippen molar-refractivity contribution in [1.29, 1.82) is 0 Å². The van der Waals surface area contributed by atoms with Gasteiger partial charge in [0.2, 0.25) is 5.82 Å². The van der Waals surface area contributed by atoms with E-state index in [-0.39, 0.29) is 11.6 Å². The molecule has 4 nitrogen and oxygen atoms in total. The predicted octanol–water partition coefficient (Wildman–Crippen LogP) is 3.78. The number of aromatic nitrogens is 2. The monoisotopic (exact) mass is 289 g/mol. The van der Waals surface area contributed by atoms with E-state index in [1.165, 1.54) is 12.1 Å². The zero-order chi connectivity index (χ0) is 14.1. The first kappa shape index (κ1) is 12.6. The Kier molecular flexibility index (Phi) is 3.12. The fourth-order valence-corrected chi connectivity index (χ4v) is 1.97. The maximum atomic E-state index is 13.4. The van der Waals surface area contributed by atoms with E-state index < -0.39 is 5.82 Å². The van der Waals surface area contributed by atoms with Crippen LogP contribution in [0.15, 0.2) is 47.0 Å². The van der Waals surface area contributed by atoms with Gasteiger partial charge >= 0.3 is 0 Å². The van der Waals surface area contributed by atoms with Crippen LogP contribution in [-0.4, -0.2) is 10.1 Å². The first-order valence-electron chi connectivity index (χ1n) is 5.79. The zero-order valence-corrected chi connectivity index (χ0v) is 10.9. The van der Waals surface area contributed by atoms with Crippen LogP contribution in [0.25, 0.3) is 22.8 Å². The Morgan fingerprint density at radius 1 is 1.15 bits per heavy atom. The number of hydrogen-bond donors (Lipinski definition) is 1. The van der Waals surface area contributed by atoms with Crippen LogP contribution in [-0.2, 0) is 0 Å². The smallest absolute Gasteiger partial charge is 0.258 e. The van der Waals surface area contributed by atoms with Gasteiger partial charge in [-0.2, -0.15) is 4.98 Å². The topological polar surface area (TPSA) is 64.9 Å². The fourth-order valence-electron chi connectivity index (χ4n) is 1.75. The third-order valence-corrected chi connectivity index (χ3v) is 3.12. The molecule has 0 bridgehead atoms. The molecular weight excluding hydrogens is 281 g/mol. The third-order valence-electron chi connectivity index (χ3n) is 2.79. The molecule has 2 aromatic carbocycles. The summed E-state index contributed by atoms with van der Waals surface area (Å²) in [6.07, 6.45) is 0. The molecule has 0 radical (unpaired) electrons. The molecule has 1 aromatic heterocycles. The van der Waals surface area contributed by atoms with Crippen molar-refractivity contribution in [2.45, 2.75) is 0 Å². The molecule has 0 aliphatic rings. The van der Waals surface area contributed by atoms with E-state index in [9.17, 15) is 4.39 Å². The van der Waals surface area contributed by atoms with Gasteiger partial charge in [0.15, 0.2) is 0 Å². The van der Waals surface area contributed by atoms with Crippen molar-refractivity contribution in [1.82, 2.24) is 10.1 Å². The van der Waals surface area contributed by atoms with E-state index >= 15 is 0 Å². The van der Waals surface area contributed by atoms with E-state index in [1.807, 2.05) is 12.1 Å². The molecule has 0 aliphatic heterocycles. The van der Waals surface area contributed by atoms with Gasteiger partial charge in [-0.3, -0.25) is 0 Å². The summed E-state index contributed by atoms with van der Waals surface area (Å²) < 4.78 is 18.6. The normalized spacial score (nSPS) is 10.7. The van der Waals surface area contributed by atoms with Crippen LogP contribution in [0.3, 0.4) is 0 Å². The molecule has 0 fully saturated rings. The fraction of sp³-hybridized carbons (Fsp3) is 0. The number of nitrogen functional groups attached to an aromatic ring is 1. The Balaban J connectivity index is 2.02. The van der Waals surface area contributed by atoms with Gasteiger partial charge in [-0.1, -0.05) is 28.9 Å². The van der Waals surface area contributed by atoms with Crippen molar-refractivity contribution in [3.8, 4) is 22.8 Å². The maximum absolute atomic E-state index is 13.4. The van der Waals surface area contributed by atoms with Crippen LogP contribution in [0.4, 0.5) is 10.1 Å². The van der Waals surface area contributed by atoms with Gasteiger partial charge in [-0.25, -0.2) is 4.39 Å². The van der Waals surface area contributed by atoms with Crippen LogP contribution in [0, 0.1) is 5.82 Å². The highest BCUT2D eigenvalue weighted by Crippen LogP contribution is 2.28. The Morgan fingerprint density at radius 3 is 2.70 bits per heavy atom. The van der Waals surface area contributed by atoms with Crippen LogP contribution in [0.2, 0.25) is 5.02 Å². The second-order valence-corrected chi connectivity index (χ2v) is 4.55. The second kappa shape index (κ2) is 4.94. The molecule has 0 spiro atoms. The summed E-state index contributed by atoms with van der Waals surface area (Å²) in [4.78, 5) is 4.21. The van der Waals surface area contributed by atoms with E-state index in [2.05, 4.69) is 10.1 Å². The quantitative estimate of drug-likeness (QED) is 0.729. The highest BCUT2D eigenvalue weighted by Gasteiger charge is 2.13. The average molecular weight is 290 g/mol. The van der Waals surface area contributed by atoms with Gasteiger partial charge in [0, 0.05) is 11.1 Å². The number of hydrogen-bond acceptors (Lipinski definition) is 4. The lowest BCUT2D eigenvalue weighted by atomic mass is 10.2. The van der Waals surface area contributed by atoms with E-state index in [0.717, 1.165) is 0 Å². The van der Waals surface area contributed by atoms with Crippen molar-refractivity contribution in [3.05, 3.63) is 53.3 Å². The van der Waals surface area contributed by atoms with E-state index in [4.69, 9.17) is 21.9 Å². The molecule has 0 amide bonds. The second-order valence-electron chi connectivity index (χ2n) is 4.14. The SMILES string of the molecule is Nc1ccc(-c2nc(-c3ccccc3Cl)no2)cc1F. The number of benzene rings is 2. The Hall–Kier alpha value is -2.40. The van der Waals surface area contributed by atoms with Gasteiger partial charge in [-0.15, -0.1) is 0 Å². The molecule has 1 heterocycles. The summed E-state index contributed by atoms with van der Waals surface area (Å²) >= 11 is 6.06. The summed E-state index contributed by atoms with van der Waals surface area (Å²) in [6, 6.07) is 11.4. The lowest BCUT2D eigenvalue weighted by Crippen LogP contribution is -1.90. The lowest BCUT2D eigenvalue weighted by Gasteiger charge is -1.98. The average Bonchev–Trinajstić information content (AvgIpc) is 2.92. The number of halogens is 2. The van der Waals surface area contributed by atoms with Crippen LogP contribution >= 0.6 is 11.6 Å².